The molecule has 6 nitrogen and oxygen atoms in total. The molecule has 0 aromatic carbocycles. The van der Waals surface area contributed by atoms with E-state index in [2.05, 4.69) is 62.5 Å². The molecule has 0 aromatic rings. The fourth-order valence-electron chi connectivity index (χ4n) is 7.07. The van der Waals surface area contributed by atoms with Crippen LogP contribution in [0.2, 0.25) is 0 Å². The van der Waals surface area contributed by atoms with Crippen LogP contribution in [-0.2, 0) is 14.3 Å². The normalized spacial score (nSPS) is 13.6. The van der Waals surface area contributed by atoms with Gasteiger partial charge in [-0.2, -0.15) is 0 Å². The third-order valence-corrected chi connectivity index (χ3v) is 10.7. The number of amides is 1. The van der Waals surface area contributed by atoms with Gasteiger partial charge in [-0.05, 0) is 70.6 Å². The van der Waals surface area contributed by atoms with Crippen LogP contribution in [0.5, 0.6) is 0 Å². The SMILES string of the molecule is CCC/C=C\CCCCCCCC(=O)OC(CCCCCC/C=C/C=C/CCCCC)CC(=O)NC(CO)C(O)CCCCCCCCCCCCCCC. The van der Waals surface area contributed by atoms with Gasteiger partial charge in [0.25, 0.3) is 0 Å². The molecule has 322 valence electrons. The number of hydrogen-bond acceptors (Lipinski definition) is 5. The van der Waals surface area contributed by atoms with Gasteiger partial charge >= 0.3 is 5.97 Å². The van der Waals surface area contributed by atoms with Gasteiger partial charge in [-0.3, -0.25) is 9.59 Å². The van der Waals surface area contributed by atoms with Crippen molar-refractivity contribution in [1.29, 1.82) is 0 Å². The Kier molecular flexibility index (Phi) is 41.7. The highest BCUT2D eigenvalue weighted by Gasteiger charge is 2.24. The van der Waals surface area contributed by atoms with Crippen molar-refractivity contribution in [1.82, 2.24) is 5.32 Å². The first-order valence-corrected chi connectivity index (χ1v) is 23.7. The van der Waals surface area contributed by atoms with Crippen molar-refractivity contribution in [3.63, 3.8) is 0 Å². The van der Waals surface area contributed by atoms with Crippen LogP contribution in [0.3, 0.4) is 0 Å². The van der Waals surface area contributed by atoms with Gasteiger partial charge in [0.2, 0.25) is 5.91 Å². The smallest absolute Gasteiger partial charge is 0.306 e. The van der Waals surface area contributed by atoms with Crippen molar-refractivity contribution >= 4 is 11.9 Å². The monoisotopic (exact) mass is 774 g/mol. The summed E-state index contributed by atoms with van der Waals surface area (Å²) in [4.78, 5) is 26.0. The lowest BCUT2D eigenvalue weighted by atomic mass is 10.0. The lowest BCUT2D eigenvalue weighted by Gasteiger charge is -2.24. The second-order valence-electron chi connectivity index (χ2n) is 16.2. The van der Waals surface area contributed by atoms with Crippen LogP contribution < -0.4 is 5.32 Å². The standard InChI is InChI=1S/C49H91NO5/c1-4-7-10-13-16-19-22-24-26-28-31-34-37-40-45(55-49(54)42-39-36-33-30-21-18-15-12-9-6-3)43-48(53)50-46(44-51)47(52)41-38-35-32-29-27-25-23-20-17-14-11-8-5-2/h12,15-16,19,22,24,45-47,51-52H,4-11,13-14,17-18,20-21,23,25-44H2,1-3H3,(H,50,53)/b15-12-,19-16+,24-22+. The van der Waals surface area contributed by atoms with E-state index in [1.54, 1.807) is 0 Å². The van der Waals surface area contributed by atoms with Crippen molar-refractivity contribution in [2.24, 2.45) is 0 Å². The molecule has 1 amide bonds. The van der Waals surface area contributed by atoms with Crippen LogP contribution in [0.25, 0.3) is 0 Å². The first-order chi connectivity index (χ1) is 27.0. The van der Waals surface area contributed by atoms with Crippen LogP contribution in [-0.4, -0.2) is 46.9 Å². The molecule has 0 radical (unpaired) electrons. The number of allylic oxidation sites excluding steroid dienone is 6. The van der Waals surface area contributed by atoms with Crippen molar-refractivity contribution in [3.05, 3.63) is 36.5 Å². The number of nitrogens with one attached hydrogen (secondary N) is 1. The number of carbonyl (C=O) groups excluding carboxylic acids is 2. The molecule has 55 heavy (non-hydrogen) atoms. The third kappa shape index (κ3) is 38.7. The van der Waals surface area contributed by atoms with E-state index in [0.29, 0.717) is 19.3 Å². The Morgan fingerprint density at radius 1 is 0.527 bits per heavy atom. The number of unbranched alkanes of at least 4 members (excludes halogenated alkanes) is 25. The predicted octanol–water partition coefficient (Wildman–Crippen LogP) is 13.7. The topological polar surface area (TPSA) is 95.9 Å². The summed E-state index contributed by atoms with van der Waals surface area (Å²) < 4.78 is 5.89. The minimum Gasteiger partial charge on any atom is -0.462 e. The van der Waals surface area contributed by atoms with Crippen LogP contribution in [0.4, 0.5) is 0 Å². The van der Waals surface area contributed by atoms with Gasteiger partial charge < -0.3 is 20.3 Å². The third-order valence-electron chi connectivity index (χ3n) is 10.7. The average molecular weight is 774 g/mol. The van der Waals surface area contributed by atoms with Crippen LogP contribution >= 0.6 is 0 Å². The molecule has 0 spiro atoms. The summed E-state index contributed by atoms with van der Waals surface area (Å²) in [5.74, 6) is -0.503. The highest BCUT2D eigenvalue weighted by atomic mass is 16.5. The molecule has 0 heterocycles. The number of hydrogen-bond donors (Lipinski definition) is 3. The number of aliphatic hydroxyl groups is 2. The van der Waals surface area contributed by atoms with Gasteiger partial charge in [0.1, 0.15) is 6.10 Å². The molecule has 0 aromatic heterocycles. The van der Waals surface area contributed by atoms with E-state index in [1.165, 1.54) is 103 Å². The Balaban J connectivity index is 4.60. The number of rotatable bonds is 42. The molecule has 0 rings (SSSR count). The second-order valence-corrected chi connectivity index (χ2v) is 16.2. The minimum atomic E-state index is -0.791. The number of esters is 1. The molecule has 6 heteroatoms. The van der Waals surface area contributed by atoms with Gasteiger partial charge in [0.05, 0.1) is 25.2 Å². The van der Waals surface area contributed by atoms with Gasteiger partial charge in [0, 0.05) is 6.42 Å². The Morgan fingerprint density at radius 3 is 1.51 bits per heavy atom. The van der Waals surface area contributed by atoms with Crippen molar-refractivity contribution < 1.29 is 24.5 Å². The van der Waals surface area contributed by atoms with E-state index in [1.807, 2.05) is 0 Å². The van der Waals surface area contributed by atoms with Crippen LogP contribution in [0.1, 0.15) is 239 Å². The molecule has 0 saturated carbocycles. The van der Waals surface area contributed by atoms with Gasteiger partial charge in [-0.1, -0.05) is 192 Å². The van der Waals surface area contributed by atoms with E-state index in [0.717, 1.165) is 89.9 Å². The van der Waals surface area contributed by atoms with Crippen molar-refractivity contribution in [2.75, 3.05) is 6.61 Å². The van der Waals surface area contributed by atoms with Crippen molar-refractivity contribution in [3.8, 4) is 0 Å². The Morgan fingerprint density at radius 2 is 0.964 bits per heavy atom. The summed E-state index contributed by atoms with van der Waals surface area (Å²) in [7, 11) is 0. The first-order valence-electron chi connectivity index (χ1n) is 23.7. The molecule has 0 aliphatic rings. The van der Waals surface area contributed by atoms with E-state index < -0.39 is 18.2 Å². The maximum Gasteiger partial charge on any atom is 0.306 e. The molecule has 3 N–H and O–H groups in total. The Hall–Kier alpha value is -1.92. The molecule has 0 saturated heterocycles. The molecule has 0 aliphatic carbocycles. The predicted molar refractivity (Wildman–Crippen MR) is 236 cm³/mol. The Labute approximate surface area is 341 Å². The molecule has 0 aliphatic heterocycles. The number of carbonyl (C=O) groups is 2. The molecule has 3 atom stereocenters. The number of aliphatic hydroxyl groups excluding tert-OH is 2. The van der Waals surface area contributed by atoms with E-state index in [9.17, 15) is 19.8 Å². The summed E-state index contributed by atoms with van der Waals surface area (Å²) >= 11 is 0. The maximum atomic E-state index is 13.1. The maximum absolute atomic E-state index is 13.1. The zero-order valence-electron chi connectivity index (χ0n) is 36.6. The quantitative estimate of drug-likeness (QED) is 0.0248. The van der Waals surface area contributed by atoms with Crippen molar-refractivity contribution in [2.45, 2.75) is 257 Å². The molecule has 0 fully saturated rings. The lowest BCUT2D eigenvalue weighted by molar-refractivity contribution is -0.151. The van der Waals surface area contributed by atoms with Gasteiger partial charge in [0.15, 0.2) is 0 Å². The van der Waals surface area contributed by atoms with Crippen LogP contribution in [0, 0.1) is 0 Å². The highest BCUT2D eigenvalue weighted by molar-refractivity contribution is 5.77. The molecular formula is C49H91NO5. The second kappa shape index (κ2) is 43.2. The largest absolute Gasteiger partial charge is 0.462 e. The van der Waals surface area contributed by atoms with Crippen LogP contribution in [0.15, 0.2) is 36.5 Å². The van der Waals surface area contributed by atoms with E-state index in [-0.39, 0.29) is 24.9 Å². The zero-order chi connectivity index (χ0) is 40.3. The van der Waals surface area contributed by atoms with E-state index >= 15 is 0 Å². The van der Waals surface area contributed by atoms with Gasteiger partial charge in [-0.25, -0.2) is 0 Å². The summed E-state index contributed by atoms with van der Waals surface area (Å²) in [5, 5.41) is 23.7. The fraction of sp³-hybridized carbons (Fsp3) is 0.837. The van der Waals surface area contributed by atoms with Gasteiger partial charge in [-0.15, -0.1) is 0 Å². The summed E-state index contributed by atoms with van der Waals surface area (Å²) in [5.41, 5.74) is 0. The van der Waals surface area contributed by atoms with E-state index in [4.69, 9.17) is 4.74 Å². The summed E-state index contributed by atoms with van der Waals surface area (Å²) in [6, 6.07) is -0.706. The molecule has 0 bridgehead atoms. The molecule has 3 unspecified atom stereocenters. The molecular weight excluding hydrogens is 683 g/mol. The summed E-state index contributed by atoms with van der Waals surface area (Å²) in [6.07, 6.45) is 49.1. The number of ether oxygens (including phenoxy) is 1. The highest BCUT2D eigenvalue weighted by Crippen LogP contribution is 2.17. The lowest BCUT2D eigenvalue weighted by Crippen LogP contribution is -2.46. The fourth-order valence-corrected chi connectivity index (χ4v) is 7.07. The minimum absolute atomic E-state index is 0.0621. The Bertz CT molecular complexity index is 915. The zero-order valence-corrected chi connectivity index (χ0v) is 36.6. The summed E-state index contributed by atoms with van der Waals surface area (Å²) in [6.45, 7) is 6.38. The first kappa shape index (κ1) is 53.1. The average Bonchev–Trinajstić information content (AvgIpc) is 3.18.